The first kappa shape index (κ1) is 14.4. The first-order chi connectivity index (χ1) is 10.7. The molecule has 1 atom stereocenters. The number of nitrogens with one attached hydrogen (secondary N) is 1. The lowest BCUT2D eigenvalue weighted by Gasteiger charge is -2.10. The van der Waals surface area contributed by atoms with Crippen molar-refractivity contribution in [2.45, 2.75) is 19.5 Å². The first-order valence-electron chi connectivity index (χ1n) is 7.24. The van der Waals surface area contributed by atoms with Gasteiger partial charge in [0.2, 0.25) is 0 Å². The van der Waals surface area contributed by atoms with E-state index in [9.17, 15) is 0 Å². The predicted molar refractivity (Wildman–Crippen MR) is 83.7 cm³/mol. The molecule has 2 aromatic heterocycles. The van der Waals surface area contributed by atoms with Crippen LogP contribution in [-0.4, -0.2) is 9.78 Å². The average Bonchev–Trinajstić information content (AvgIpc) is 3.15. The molecular weight excluding hydrogens is 278 g/mol. The molecule has 2 heterocycles. The minimum Gasteiger partial charge on any atom is -0.429 e. The minimum atomic E-state index is 0.206. The van der Waals surface area contributed by atoms with Crippen molar-refractivity contribution in [2.75, 3.05) is 0 Å². The van der Waals surface area contributed by atoms with Gasteiger partial charge in [0.05, 0.1) is 12.7 Å². The highest BCUT2D eigenvalue weighted by atomic mass is 16.6. The zero-order valence-corrected chi connectivity index (χ0v) is 12.7. The van der Waals surface area contributed by atoms with Crippen LogP contribution in [0.4, 0.5) is 0 Å². The van der Waals surface area contributed by atoms with E-state index < -0.39 is 0 Å². The maximum Gasteiger partial charge on any atom is 0.290 e. The fourth-order valence-electron chi connectivity index (χ4n) is 2.15. The first-order valence-corrected chi connectivity index (χ1v) is 7.24. The molecule has 0 radical (unpaired) electrons. The molecule has 0 saturated heterocycles. The Morgan fingerprint density at radius 2 is 2.05 bits per heavy atom. The van der Waals surface area contributed by atoms with Gasteiger partial charge < -0.3 is 14.5 Å². The summed E-state index contributed by atoms with van der Waals surface area (Å²) in [5, 5.41) is 7.58. The number of hydrogen-bond donors (Lipinski definition) is 1. The molecule has 0 aliphatic rings. The summed E-state index contributed by atoms with van der Waals surface area (Å²) in [6.45, 7) is 2.73. The number of aryl methyl sites for hydroxylation is 1. The van der Waals surface area contributed by atoms with Crippen LogP contribution < -0.4 is 10.1 Å². The molecule has 1 N–H and O–H groups in total. The van der Waals surface area contributed by atoms with Crippen LogP contribution in [0.15, 0.2) is 59.3 Å². The molecule has 0 bridgehead atoms. The normalized spacial score (nSPS) is 12.3. The Balaban J connectivity index is 1.55. The summed E-state index contributed by atoms with van der Waals surface area (Å²) in [7, 11) is 1.91. The van der Waals surface area contributed by atoms with Gasteiger partial charge in [-0.3, -0.25) is 4.68 Å². The molecule has 0 unspecified atom stereocenters. The third-order valence-electron chi connectivity index (χ3n) is 3.41. The van der Waals surface area contributed by atoms with E-state index in [1.54, 1.807) is 4.68 Å². The SMILES string of the molecule is C[C@H](NCc1ccc(Oc2ccccc2)o1)c1cnn(C)c1. The quantitative estimate of drug-likeness (QED) is 0.754. The lowest BCUT2D eigenvalue weighted by atomic mass is 10.2. The van der Waals surface area contributed by atoms with Crippen LogP contribution in [0, 0.1) is 0 Å². The Morgan fingerprint density at radius 1 is 1.23 bits per heavy atom. The van der Waals surface area contributed by atoms with Gasteiger partial charge in [0.15, 0.2) is 0 Å². The second-order valence-corrected chi connectivity index (χ2v) is 5.19. The molecule has 0 amide bonds. The van der Waals surface area contributed by atoms with Crippen molar-refractivity contribution in [3.05, 3.63) is 66.2 Å². The lowest BCUT2D eigenvalue weighted by Crippen LogP contribution is -2.17. The Morgan fingerprint density at radius 3 is 2.77 bits per heavy atom. The Hall–Kier alpha value is -2.53. The fraction of sp³-hybridized carbons (Fsp3) is 0.235. The Bertz CT molecular complexity index is 718. The predicted octanol–water partition coefficient (Wildman–Crippen LogP) is 3.66. The van der Waals surface area contributed by atoms with Gasteiger partial charge in [-0.15, -0.1) is 0 Å². The monoisotopic (exact) mass is 297 g/mol. The molecule has 114 valence electrons. The zero-order valence-electron chi connectivity index (χ0n) is 12.7. The number of rotatable bonds is 6. The van der Waals surface area contributed by atoms with Crippen LogP contribution in [0.2, 0.25) is 0 Å². The van der Waals surface area contributed by atoms with E-state index in [1.807, 2.05) is 61.9 Å². The summed E-state index contributed by atoms with van der Waals surface area (Å²) in [6.07, 6.45) is 3.87. The van der Waals surface area contributed by atoms with E-state index in [2.05, 4.69) is 17.3 Å². The molecule has 3 rings (SSSR count). The standard InChI is InChI=1S/C17H19N3O2/c1-13(14-10-19-20(2)12-14)18-11-16-8-9-17(22-16)21-15-6-4-3-5-7-15/h3-10,12-13,18H,11H2,1-2H3/t13-/m0/s1. The van der Waals surface area contributed by atoms with Crippen molar-refractivity contribution in [3.63, 3.8) is 0 Å². The maximum atomic E-state index is 5.67. The van der Waals surface area contributed by atoms with Gasteiger partial charge in [0.25, 0.3) is 5.95 Å². The van der Waals surface area contributed by atoms with Crippen molar-refractivity contribution in [1.82, 2.24) is 15.1 Å². The number of benzene rings is 1. The van der Waals surface area contributed by atoms with E-state index in [4.69, 9.17) is 9.15 Å². The topological polar surface area (TPSA) is 52.2 Å². The molecular formula is C17H19N3O2. The van der Waals surface area contributed by atoms with Gasteiger partial charge >= 0.3 is 0 Å². The van der Waals surface area contributed by atoms with E-state index in [0.29, 0.717) is 12.5 Å². The highest BCUT2D eigenvalue weighted by Crippen LogP contribution is 2.23. The molecule has 0 aliphatic carbocycles. The van der Waals surface area contributed by atoms with Crippen molar-refractivity contribution < 1.29 is 9.15 Å². The van der Waals surface area contributed by atoms with Gasteiger partial charge in [-0.25, -0.2) is 0 Å². The smallest absolute Gasteiger partial charge is 0.290 e. The largest absolute Gasteiger partial charge is 0.429 e. The molecule has 5 nitrogen and oxygen atoms in total. The number of ether oxygens (including phenoxy) is 1. The van der Waals surface area contributed by atoms with Crippen molar-refractivity contribution in [3.8, 4) is 11.7 Å². The van der Waals surface area contributed by atoms with Gasteiger partial charge in [-0.05, 0) is 25.1 Å². The molecule has 3 aromatic rings. The van der Waals surface area contributed by atoms with Crippen molar-refractivity contribution >= 4 is 0 Å². The highest BCUT2D eigenvalue weighted by Gasteiger charge is 2.09. The van der Waals surface area contributed by atoms with Crippen LogP contribution in [-0.2, 0) is 13.6 Å². The van der Waals surface area contributed by atoms with Gasteiger partial charge in [0.1, 0.15) is 11.5 Å². The van der Waals surface area contributed by atoms with Gasteiger partial charge in [-0.2, -0.15) is 5.10 Å². The number of nitrogens with zero attached hydrogens (tertiary/aromatic N) is 2. The molecule has 0 spiro atoms. The summed E-state index contributed by atoms with van der Waals surface area (Å²) < 4.78 is 13.1. The number of furan rings is 1. The zero-order chi connectivity index (χ0) is 15.4. The molecule has 5 heteroatoms. The summed E-state index contributed by atoms with van der Waals surface area (Å²) in [5.74, 6) is 2.10. The summed E-state index contributed by atoms with van der Waals surface area (Å²) >= 11 is 0. The van der Waals surface area contributed by atoms with Gasteiger partial charge in [0, 0.05) is 30.9 Å². The number of para-hydroxylation sites is 1. The molecule has 0 saturated carbocycles. The Labute approximate surface area is 129 Å². The fourth-order valence-corrected chi connectivity index (χ4v) is 2.15. The third-order valence-corrected chi connectivity index (χ3v) is 3.41. The van der Waals surface area contributed by atoms with Crippen LogP contribution >= 0.6 is 0 Å². The van der Waals surface area contributed by atoms with E-state index in [-0.39, 0.29) is 6.04 Å². The molecule has 0 aliphatic heterocycles. The number of aromatic nitrogens is 2. The lowest BCUT2D eigenvalue weighted by molar-refractivity contribution is 0.326. The molecule has 22 heavy (non-hydrogen) atoms. The highest BCUT2D eigenvalue weighted by molar-refractivity contribution is 5.26. The van der Waals surface area contributed by atoms with Crippen LogP contribution in [0.3, 0.4) is 0 Å². The van der Waals surface area contributed by atoms with E-state index in [1.165, 1.54) is 0 Å². The van der Waals surface area contributed by atoms with Crippen molar-refractivity contribution in [2.24, 2.45) is 7.05 Å². The average molecular weight is 297 g/mol. The summed E-state index contributed by atoms with van der Waals surface area (Å²) in [5.41, 5.74) is 1.15. The molecule has 0 fully saturated rings. The molecule has 1 aromatic carbocycles. The van der Waals surface area contributed by atoms with Crippen LogP contribution in [0.5, 0.6) is 11.7 Å². The second kappa shape index (κ2) is 6.49. The van der Waals surface area contributed by atoms with Crippen LogP contribution in [0.25, 0.3) is 0 Å². The maximum absolute atomic E-state index is 5.67. The van der Waals surface area contributed by atoms with E-state index >= 15 is 0 Å². The number of hydrogen-bond acceptors (Lipinski definition) is 4. The second-order valence-electron chi connectivity index (χ2n) is 5.19. The summed E-state index contributed by atoms with van der Waals surface area (Å²) in [6, 6.07) is 13.5. The third kappa shape index (κ3) is 3.56. The summed E-state index contributed by atoms with van der Waals surface area (Å²) in [4.78, 5) is 0. The van der Waals surface area contributed by atoms with Crippen molar-refractivity contribution in [1.29, 1.82) is 0 Å². The Kier molecular flexibility index (Phi) is 4.25. The van der Waals surface area contributed by atoms with E-state index in [0.717, 1.165) is 17.1 Å². The van der Waals surface area contributed by atoms with Gasteiger partial charge in [-0.1, -0.05) is 18.2 Å². The minimum absolute atomic E-state index is 0.206. The van der Waals surface area contributed by atoms with Crippen LogP contribution in [0.1, 0.15) is 24.3 Å².